The van der Waals surface area contributed by atoms with E-state index in [0.29, 0.717) is 0 Å². The van der Waals surface area contributed by atoms with Crippen LogP contribution in [-0.4, -0.2) is 10.7 Å². The van der Waals surface area contributed by atoms with Crippen LogP contribution in [0.25, 0.3) is 0 Å². The maximum Gasteiger partial charge on any atom is 0.0688 e. The Morgan fingerprint density at radius 1 is 1.18 bits per heavy atom. The van der Waals surface area contributed by atoms with Gasteiger partial charge in [0.05, 0.1) is 5.60 Å². The molecule has 1 N–H and O–H groups in total. The largest absolute Gasteiger partial charge is 0.390 e. The number of benzene rings is 1. The van der Waals surface area contributed by atoms with Crippen LogP contribution in [0.15, 0.2) is 30.3 Å². The SMILES string of the molecule is CC(C)C1CCC(O)(Cc2ccccc2)CC1. The van der Waals surface area contributed by atoms with Gasteiger partial charge in [-0.15, -0.1) is 0 Å². The maximum absolute atomic E-state index is 10.6. The third-order valence-electron chi connectivity index (χ3n) is 4.28. The predicted molar refractivity (Wildman–Crippen MR) is 71.9 cm³/mol. The molecular weight excluding hydrogens is 208 g/mol. The van der Waals surface area contributed by atoms with Crippen molar-refractivity contribution < 1.29 is 5.11 Å². The zero-order valence-electron chi connectivity index (χ0n) is 11.0. The Morgan fingerprint density at radius 3 is 2.29 bits per heavy atom. The van der Waals surface area contributed by atoms with Crippen LogP contribution in [-0.2, 0) is 6.42 Å². The number of aliphatic hydroxyl groups is 1. The molecule has 0 amide bonds. The minimum atomic E-state index is -0.452. The molecule has 1 heteroatoms. The molecule has 0 heterocycles. The van der Waals surface area contributed by atoms with E-state index >= 15 is 0 Å². The molecule has 1 aliphatic carbocycles. The van der Waals surface area contributed by atoms with Crippen LogP contribution in [0.2, 0.25) is 0 Å². The van der Waals surface area contributed by atoms with Crippen molar-refractivity contribution in [2.75, 3.05) is 0 Å². The molecule has 1 nitrogen and oxygen atoms in total. The average Bonchev–Trinajstić information content (AvgIpc) is 2.30. The van der Waals surface area contributed by atoms with E-state index in [2.05, 4.69) is 38.1 Å². The first-order chi connectivity index (χ1) is 8.09. The van der Waals surface area contributed by atoms with Crippen molar-refractivity contribution >= 4 is 0 Å². The van der Waals surface area contributed by atoms with Crippen molar-refractivity contribution in [1.29, 1.82) is 0 Å². The predicted octanol–water partition coefficient (Wildman–Crippen LogP) is 3.81. The van der Waals surface area contributed by atoms with Crippen molar-refractivity contribution in [3.05, 3.63) is 35.9 Å². The molecule has 2 rings (SSSR count). The van der Waals surface area contributed by atoms with E-state index in [1.807, 2.05) is 6.07 Å². The summed E-state index contributed by atoms with van der Waals surface area (Å²) in [6.07, 6.45) is 5.11. The molecule has 0 unspecified atom stereocenters. The van der Waals surface area contributed by atoms with Gasteiger partial charge in [-0.05, 0) is 43.1 Å². The highest BCUT2D eigenvalue weighted by molar-refractivity contribution is 5.17. The summed E-state index contributed by atoms with van der Waals surface area (Å²) < 4.78 is 0. The molecule has 1 fully saturated rings. The number of hydrogen-bond acceptors (Lipinski definition) is 1. The van der Waals surface area contributed by atoms with Crippen LogP contribution < -0.4 is 0 Å². The zero-order valence-corrected chi connectivity index (χ0v) is 11.0. The van der Waals surface area contributed by atoms with Crippen LogP contribution in [0.4, 0.5) is 0 Å². The first-order valence-electron chi connectivity index (χ1n) is 6.85. The van der Waals surface area contributed by atoms with E-state index in [0.717, 1.165) is 31.1 Å². The van der Waals surface area contributed by atoms with Gasteiger partial charge in [0.25, 0.3) is 0 Å². The Morgan fingerprint density at radius 2 is 1.76 bits per heavy atom. The number of hydrogen-bond donors (Lipinski definition) is 1. The molecule has 1 saturated carbocycles. The van der Waals surface area contributed by atoms with Crippen molar-refractivity contribution in [1.82, 2.24) is 0 Å². The summed E-state index contributed by atoms with van der Waals surface area (Å²) in [6.45, 7) is 4.60. The van der Waals surface area contributed by atoms with Crippen LogP contribution in [0.3, 0.4) is 0 Å². The molecule has 94 valence electrons. The Bertz CT molecular complexity index is 334. The van der Waals surface area contributed by atoms with Crippen LogP contribution in [0.5, 0.6) is 0 Å². The summed E-state index contributed by atoms with van der Waals surface area (Å²) in [7, 11) is 0. The van der Waals surface area contributed by atoms with Crippen LogP contribution >= 0.6 is 0 Å². The highest BCUT2D eigenvalue weighted by Crippen LogP contribution is 2.37. The van der Waals surface area contributed by atoms with Gasteiger partial charge in [-0.25, -0.2) is 0 Å². The Kier molecular flexibility index (Phi) is 3.88. The normalized spacial score (nSPS) is 29.5. The van der Waals surface area contributed by atoms with Crippen molar-refractivity contribution in [3.63, 3.8) is 0 Å². The second-order valence-electron chi connectivity index (χ2n) is 5.97. The Hall–Kier alpha value is -0.820. The smallest absolute Gasteiger partial charge is 0.0688 e. The molecule has 0 aromatic heterocycles. The van der Waals surface area contributed by atoms with Gasteiger partial charge < -0.3 is 5.11 Å². The fourth-order valence-electron chi connectivity index (χ4n) is 3.00. The topological polar surface area (TPSA) is 20.2 Å². The van der Waals surface area contributed by atoms with Crippen molar-refractivity contribution in [2.24, 2.45) is 11.8 Å². The van der Waals surface area contributed by atoms with Gasteiger partial charge in [0.2, 0.25) is 0 Å². The van der Waals surface area contributed by atoms with Gasteiger partial charge in [0.1, 0.15) is 0 Å². The zero-order chi connectivity index (χ0) is 12.3. The molecular formula is C16H24O. The third kappa shape index (κ3) is 3.32. The summed E-state index contributed by atoms with van der Waals surface area (Å²) in [5.74, 6) is 1.57. The molecule has 0 saturated heterocycles. The van der Waals surface area contributed by atoms with E-state index in [4.69, 9.17) is 0 Å². The first-order valence-corrected chi connectivity index (χ1v) is 6.85. The van der Waals surface area contributed by atoms with Crippen LogP contribution in [0, 0.1) is 11.8 Å². The highest BCUT2D eigenvalue weighted by atomic mass is 16.3. The molecule has 1 aromatic rings. The summed E-state index contributed by atoms with van der Waals surface area (Å²) in [5, 5.41) is 10.6. The lowest BCUT2D eigenvalue weighted by atomic mass is 9.72. The molecule has 0 spiro atoms. The lowest BCUT2D eigenvalue weighted by molar-refractivity contribution is -0.0146. The van der Waals surface area contributed by atoms with E-state index in [9.17, 15) is 5.11 Å². The van der Waals surface area contributed by atoms with Gasteiger partial charge >= 0.3 is 0 Å². The minimum Gasteiger partial charge on any atom is -0.390 e. The van der Waals surface area contributed by atoms with Gasteiger partial charge in [0.15, 0.2) is 0 Å². The molecule has 1 aliphatic rings. The molecule has 0 aliphatic heterocycles. The molecule has 0 atom stereocenters. The Balaban J connectivity index is 1.94. The van der Waals surface area contributed by atoms with E-state index < -0.39 is 5.60 Å². The maximum atomic E-state index is 10.6. The summed E-state index contributed by atoms with van der Waals surface area (Å²) in [5.41, 5.74) is 0.810. The molecule has 17 heavy (non-hydrogen) atoms. The van der Waals surface area contributed by atoms with Crippen LogP contribution in [0.1, 0.15) is 45.1 Å². The van der Waals surface area contributed by atoms with E-state index in [-0.39, 0.29) is 0 Å². The second kappa shape index (κ2) is 5.22. The Labute approximate surface area is 105 Å². The van der Waals surface area contributed by atoms with Gasteiger partial charge in [-0.2, -0.15) is 0 Å². The molecule has 0 radical (unpaired) electrons. The van der Waals surface area contributed by atoms with Gasteiger partial charge in [0, 0.05) is 6.42 Å². The summed E-state index contributed by atoms with van der Waals surface area (Å²) in [6, 6.07) is 10.4. The molecule has 0 bridgehead atoms. The monoisotopic (exact) mass is 232 g/mol. The van der Waals surface area contributed by atoms with Gasteiger partial charge in [-0.3, -0.25) is 0 Å². The van der Waals surface area contributed by atoms with Crippen molar-refractivity contribution in [3.8, 4) is 0 Å². The molecule has 1 aromatic carbocycles. The third-order valence-corrected chi connectivity index (χ3v) is 4.28. The van der Waals surface area contributed by atoms with E-state index in [1.165, 1.54) is 18.4 Å². The van der Waals surface area contributed by atoms with Crippen molar-refractivity contribution in [2.45, 2.75) is 51.6 Å². The fourth-order valence-corrected chi connectivity index (χ4v) is 3.00. The van der Waals surface area contributed by atoms with Gasteiger partial charge in [-0.1, -0.05) is 44.2 Å². The highest BCUT2D eigenvalue weighted by Gasteiger charge is 2.33. The lowest BCUT2D eigenvalue weighted by Crippen LogP contribution is -2.37. The average molecular weight is 232 g/mol. The first kappa shape index (κ1) is 12.6. The quantitative estimate of drug-likeness (QED) is 0.840. The second-order valence-corrected chi connectivity index (χ2v) is 5.97. The standard InChI is InChI=1S/C16H24O/c1-13(2)15-8-10-16(17,11-9-15)12-14-6-4-3-5-7-14/h3-7,13,15,17H,8-12H2,1-2H3. The number of rotatable bonds is 3. The summed E-state index contributed by atoms with van der Waals surface area (Å²) >= 11 is 0. The van der Waals surface area contributed by atoms with E-state index in [1.54, 1.807) is 0 Å². The fraction of sp³-hybridized carbons (Fsp3) is 0.625. The minimum absolute atomic E-state index is 0.452. The summed E-state index contributed by atoms with van der Waals surface area (Å²) in [4.78, 5) is 0. The lowest BCUT2D eigenvalue weighted by Gasteiger charge is -2.37.